The van der Waals surface area contributed by atoms with Crippen molar-refractivity contribution in [3.63, 3.8) is 0 Å². The van der Waals surface area contributed by atoms with Crippen LogP contribution < -0.4 is 4.74 Å². The molecule has 0 aliphatic carbocycles. The molecule has 6 heteroatoms. The van der Waals surface area contributed by atoms with Crippen LogP contribution in [0.2, 0.25) is 0 Å². The number of fused-ring (bicyclic) bond motifs is 1. The SMILES string of the molecule is O=S1(=O)C=C(COc2ccccc2F)c2c(F)cccc21. The van der Waals surface area contributed by atoms with Crippen LogP contribution >= 0.6 is 0 Å². The maximum atomic E-state index is 13.9. The second-order valence-corrected chi connectivity index (χ2v) is 6.29. The Kier molecular flexibility index (Phi) is 3.25. The summed E-state index contributed by atoms with van der Waals surface area (Å²) in [4.78, 5) is -0.0883. The number of halogens is 2. The fraction of sp³-hybridized carbons (Fsp3) is 0.0667. The van der Waals surface area contributed by atoms with Gasteiger partial charge in [-0.25, -0.2) is 17.2 Å². The molecule has 0 unspecified atom stereocenters. The highest BCUT2D eigenvalue weighted by atomic mass is 32.2. The lowest BCUT2D eigenvalue weighted by Gasteiger charge is -2.09. The highest BCUT2D eigenvalue weighted by molar-refractivity contribution is 7.95. The zero-order chi connectivity index (χ0) is 15.0. The Morgan fingerprint density at radius 1 is 0.952 bits per heavy atom. The van der Waals surface area contributed by atoms with Gasteiger partial charge in [0.2, 0.25) is 9.84 Å². The van der Waals surface area contributed by atoms with E-state index in [0.29, 0.717) is 0 Å². The van der Waals surface area contributed by atoms with E-state index in [9.17, 15) is 17.2 Å². The van der Waals surface area contributed by atoms with Gasteiger partial charge in [0.1, 0.15) is 12.4 Å². The van der Waals surface area contributed by atoms with Gasteiger partial charge in [-0.05, 0) is 24.3 Å². The molecular formula is C15H10F2O3S. The molecule has 108 valence electrons. The number of hydrogen-bond acceptors (Lipinski definition) is 3. The van der Waals surface area contributed by atoms with Gasteiger partial charge in [-0.3, -0.25) is 0 Å². The van der Waals surface area contributed by atoms with Crippen molar-refractivity contribution in [3.05, 3.63) is 65.1 Å². The Bertz CT molecular complexity index is 842. The Morgan fingerprint density at radius 2 is 1.67 bits per heavy atom. The summed E-state index contributed by atoms with van der Waals surface area (Å²) in [6, 6.07) is 9.59. The van der Waals surface area contributed by atoms with E-state index < -0.39 is 21.5 Å². The normalized spacial score (nSPS) is 15.4. The molecule has 0 saturated carbocycles. The van der Waals surface area contributed by atoms with Crippen LogP contribution in [0.25, 0.3) is 5.57 Å². The van der Waals surface area contributed by atoms with Gasteiger partial charge < -0.3 is 4.74 Å². The quantitative estimate of drug-likeness (QED) is 0.874. The third-order valence-electron chi connectivity index (χ3n) is 3.12. The fourth-order valence-corrected chi connectivity index (χ4v) is 3.66. The van der Waals surface area contributed by atoms with E-state index in [4.69, 9.17) is 4.74 Å². The summed E-state index contributed by atoms with van der Waals surface area (Å²) in [5.41, 5.74) is 0.167. The highest BCUT2D eigenvalue weighted by Crippen LogP contribution is 2.35. The summed E-state index contributed by atoms with van der Waals surface area (Å²) in [6.07, 6.45) is 0. The van der Waals surface area contributed by atoms with Crippen molar-refractivity contribution in [2.24, 2.45) is 0 Å². The third kappa shape index (κ3) is 2.42. The Balaban J connectivity index is 1.94. The maximum absolute atomic E-state index is 13.9. The monoisotopic (exact) mass is 308 g/mol. The molecular weight excluding hydrogens is 298 g/mol. The first-order valence-electron chi connectivity index (χ1n) is 6.11. The van der Waals surface area contributed by atoms with E-state index in [-0.39, 0.29) is 28.4 Å². The number of benzene rings is 2. The molecule has 0 atom stereocenters. The van der Waals surface area contributed by atoms with E-state index in [2.05, 4.69) is 0 Å². The molecule has 21 heavy (non-hydrogen) atoms. The zero-order valence-corrected chi connectivity index (χ0v) is 11.5. The lowest BCUT2D eigenvalue weighted by Crippen LogP contribution is -2.02. The van der Waals surface area contributed by atoms with Crippen molar-refractivity contribution < 1.29 is 21.9 Å². The van der Waals surface area contributed by atoms with Gasteiger partial charge in [0, 0.05) is 16.5 Å². The van der Waals surface area contributed by atoms with Gasteiger partial charge >= 0.3 is 0 Å². The number of para-hydroxylation sites is 1. The van der Waals surface area contributed by atoms with Crippen LogP contribution in [0.15, 0.2) is 52.8 Å². The van der Waals surface area contributed by atoms with Crippen molar-refractivity contribution in [1.82, 2.24) is 0 Å². The minimum Gasteiger partial charge on any atom is -0.486 e. The number of hydrogen-bond donors (Lipinski definition) is 0. The van der Waals surface area contributed by atoms with E-state index in [1.54, 1.807) is 6.07 Å². The summed E-state index contributed by atoms with van der Waals surface area (Å²) in [5, 5.41) is 0.960. The predicted molar refractivity (Wildman–Crippen MR) is 73.5 cm³/mol. The lowest BCUT2D eigenvalue weighted by atomic mass is 10.1. The summed E-state index contributed by atoms with van der Waals surface area (Å²) in [6.45, 7) is -0.228. The van der Waals surface area contributed by atoms with Crippen LogP contribution in [-0.4, -0.2) is 15.0 Å². The van der Waals surface area contributed by atoms with Crippen LogP contribution in [0.5, 0.6) is 5.75 Å². The van der Waals surface area contributed by atoms with Gasteiger partial charge in [-0.1, -0.05) is 18.2 Å². The highest BCUT2D eigenvalue weighted by Gasteiger charge is 2.29. The predicted octanol–water partition coefficient (Wildman–Crippen LogP) is 3.17. The van der Waals surface area contributed by atoms with Gasteiger partial charge in [-0.15, -0.1) is 0 Å². The van der Waals surface area contributed by atoms with E-state index in [1.807, 2.05) is 0 Å². The molecule has 3 nitrogen and oxygen atoms in total. The van der Waals surface area contributed by atoms with Gasteiger partial charge in [0.25, 0.3) is 0 Å². The van der Waals surface area contributed by atoms with Crippen LogP contribution in [0, 0.1) is 11.6 Å². The summed E-state index contributed by atoms with van der Waals surface area (Å²) >= 11 is 0. The first kappa shape index (κ1) is 13.8. The van der Waals surface area contributed by atoms with Crippen molar-refractivity contribution in [3.8, 4) is 5.75 Å². The minimum atomic E-state index is -3.67. The number of sulfone groups is 1. The average molecular weight is 308 g/mol. The topological polar surface area (TPSA) is 43.4 Å². The van der Waals surface area contributed by atoms with Gasteiger partial charge in [-0.2, -0.15) is 0 Å². The Morgan fingerprint density at radius 3 is 2.43 bits per heavy atom. The van der Waals surface area contributed by atoms with Crippen molar-refractivity contribution >= 4 is 15.4 Å². The van der Waals surface area contributed by atoms with Gasteiger partial charge in [0.15, 0.2) is 11.6 Å². The third-order valence-corrected chi connectivity index (χ3v) is 4.67. The van der Waals surface area contributed by atoms with Crippen molar-refractivity contribution in [2.75, 3.05) is 6.61 Å². The number of rotatable bonds is 3. The molecule has 1 heterocycles. The standard InChI is InChI=1S/C15H10F2O3S/c16-11-4-1-2-6-13(11)20-8-10-9-21(18,19)14-7-3-5-12(17)15(10)14/h1-7,9H,8H2. The lowest BCUT2D eigenvalue weighted by molar-refractivity contribution is 0.347. The summed E-state index contributed by atoms with van der Waals surface area (Å²) in [7, 11) is -3.67. The first-order chi connectivity index (χ1) is 9.99. The van der Waals surface area contributed by atoms with Gasteiger partial charge in [0.05, 0.1) is 4.90 Å². The van der Waals surface area contributed by atoms with Crippen LogP contribution in [0.4, 0.5) is 8.78 Å². The smallest absolute Gasteiger partial charge is 0.200 e. The van der Waals surface area contributed by atoms with E-state index in [1.165, 1.54) is 36.4 Å². The summed E-state index contributed by atoms with van der Waals surface area (Å²) in [5.74, 6) is -1.22. The number of ether oxygens (including phenoxy) is 1. The molecule has 0 spiro atoms. The average Bonchev–Trinajstić information content (AvgIpc) is 2.71. The molecule has 0 amide bonds. The molecule has 0 bridgehead atoms. The summed E-state index contributed by atoms with van der Waals surface area (Å²) < 4.78 is 56.4. The fourth-order valence-electron chi connectivity index (χ4n) is 2.19. The molecule has 0 aromatic heterocycles. The zero-order valence-electron chi connectivity index (χ0n) is 10.7. The second-order valence-electron chi connectivity index (χ2n) is 4.52. The molecule has 2 aromatic carbocycles. The maximum Gasteiger partial charge on any atom is 0.200 e. The Hall–Kier alpha value is -2.21. The van der Waals surface area contributed by atoms with Crippen LogP contribution in [0.1, 0.15) is 5.56 Å². The molecule has 3 rings (SSSR count). The molecule has 0 N–H and O–H groups in total. The minimum absolute atomic E-state index is 0.00570. The molecule has 0 fully saturated rings. The van der Waals surface area contributed by atoms with Crippen LogP contribution in [0.3, 0.4) is 0 Å². The molecule has 1 aliphatic rings. The van der Waals surface area contributed by atoms with Crippen molar-refractivity contribution in [2.45, 2.75) is 4.90 Å². The molecule has 0 saturated heterocycles. The molecule has 2 aromatic rings. The van der Waals surface area contributed by atoms with Crippen LogP contribution in [-0.2, 0) is 9.84 Å². The first-order valence-corrected chi connectivity index (χ1v) is 7.65. The second kappa shape index (κ2) is 4.96. The Labute approximate surface area is 120 Å². The largest absolute Gasteiger partial charge is 0.486 e. The molecule has 0 radical (unpaired) electrons. The van der Waals surface area contributed by atoms with E-state index >= 15 is 0 Å². The van der Waals surface area contributed by atoms with E-state index in [0.717, 1.165) is 5.41 Å². The molecule has 1 aliphatic heterocycles. The van der Waals surface area contributed by atoms with Crippen molar-refractivity contribution in [1.29, 1.82) is 0 Å².